The van der Waals surface area contributed by atoms with Gasteiger partial charge in [-0.2, -0.15) is 0 Å². The molecular weight excluding hydrogens is 210 g/mol. The van der Waals surface area contributed by atoms with Crippen LogP contribution in [0.15, 0.2) is 18.2 Å². The van der Waals surface area contributed by atoms with Crippen LogP contribution in [0.5, 0.6) is 0 Å². The van der Waals surface area contributed by atoms with E-state index in [1.165, 1.54) is 16.8 Å². The van der Waals surface area contributed by atoms with E-state index in [0.29, 0.717) is 6.04 Å². The van der Waals surface area contributed by atoms with Crippen LogP contribution >= 0.6 is 0 Å². The number of benzene rings is 1. The van der Waals surface area contributed by atoms with Crippen molar-refractivity contribution in [1.82, 2.24) is 0 Å². The molecule has 1 unspecified atom stereocenters. The van der Waals surface area contributed by atoms with Crippen LogP contribution in [0.25, 0.3) is 0 Å². The van der Waals surface area contributed by atoms with Gasteiger partial charge in [0.1, 0.15) is 0 Å². The van der Waals surface area contributed by atoms with Crippen molar-refractivity contribution in [2.75, 3.05) is 11.4 Å². The number of nitrogens with zero attached hydrogens (tertiary/aromatic N) is 1. The van der Waals surface area contributed by atoms with Gasteiger partial charge in [0, 0.05) is 18.3 Å². The van der Waals surface area contributed by atoms with E-state index in [1.54, 1.807) is 0 Å². The minimum absolute atomic E-state index is 0.441. The number of anilines is 1. The number of fused-ring (bicyclic) bond motifs is 1. The van der Waals surface area contributed by atoms with Crippen LogP contribution in [0.2, 0.25) is 0 Å². The van der Waals surface area contributed by atoms with Gasteiger partial charge in [-0.3, -0.25) is 0 Å². The standard InChI is InChI=1S/C15H23NO/c1-5-16-12(10-15(3,4)17)9-13-11(2)7-6-8-14(13)16/h6-8,12,17H,5,9-10H2,1-4H3. The van der Waals surface area contributed by atoms with Gasteiger partial charge in [-0.15, -0.1) is 0 Å². The summed E-state index contributed by atoms with van der Waals surface area (Å²) >= 11 is 0. The molecule has 0 saturated heterocycles. The summed E-state index contributed by atoms with van der Waals surface area (Å²) in [6.07, 6.45) is 1.90. The van der Waals surface area contributed by atoms with Crippen molar-refractivity contribution >= 4 is 5.69 Å². The highest BCUT2D eigenvalue weighted by atomic mass is 16.3. The highest BCUT2D eigenvalue weighted by molar-refractivity contribution is 5.62. The molecule has 1 atom stereocenters. The zero-order valence-electron chi connectivity index (χ0n) is 11.3. The van der Waals surface area contributed by atoms with Gasteiger partial charge in [0.25, 0.3) is 0 Å². The molecule has 1 aromatic carbocycles. The molecule has 0 bridgehead atoms. The fourth-order valence-corrected chi connectivity index (χ4v) is 2.95. The molecule has 1 aromatic rings. The zero-order valence-corrected chi connectivity index (χ0v) is 11.3. The molecule has 2 rings (SSSR count). The number of hydrogen-bond acceptors (Lipinski definition) is 2. The Hall–Kier alpha value is -1.02. The summed E-state index contributed by atoms with van der Waals surface area (Å²) in [5.41, 5.74) is 3.61. The first kappa shape index (κ1) is 12.4. The molecule has 0 aromatic heterocycles. The third-order valence-electron chi connectivity index (χ3n) is 3.65. The van der Waals surface area contributed by atoms with Crippen molar-refractivity contribution in [1.29, 1.82) is 0 Å². The Labute approximate surface area is 104 Å². The number of hydrogen-bond donors (Lipinski definition) is 1. The van der Waals surface area contributed by atoms with Gasteiger partial charge in [0.2, 0.25) is 0 Å². The molecule has 1 heterocycles. The minimum Gasteiger partial charge on any atom is -0.390 e. The highest BCUT2D eigenvalue weighted by Crippen LogP contribution is 2.36. The van der Waals surface area contributed by atoms with Gasteiger partial charge in [-0.05, 0) is 57.7 Å². The minimum atomic E-state index is -0.589. The number of aryl methyl sites for hydroxylation is 1. The second kappa shape index (κ2) is 4.34. The van der Waals surface area contributed by atoms with Gasteiger partial charge in [0.05, 0.1) is 5.60 Å². The Balaban J connectivity index is 2.28. The predicted octanol–water partition coefficient (Wildman–Crippen LogP) is 2.91. The largest absolute Gasteiger partial charge is 0.390 e. The third kappa shape index (κ3) is 2.47. The van der Waals surface area contributed by atoms with E-state index in [-0.39, 0.29) is 0 Å². The average molecular weight is 233 g/mol. The lowest BCUT2D eigenvalue weighted by Gasteiger charge is -2.30. The quantitative estimate of drug-likeness (QED) is 0.867. The van der Waals surface area contributed by atoms with Crippen LogP contribution in [-0.4, -0.2) is 23.3 Å². The van der Waals surface area contributed by atoms with E-state index in [1.807, 2.05) is 13.8 Å². The normalized spacial score (nSPS) is 19.6. The second-order valence-electron chi connectivity index (χ2n) is 5.73. The lowest BCUT2D eigenvalue weighted by molar-refractivity contribution is 0.0635. The molecule has 1 aliphatic heterocycles. The summed E-state index contributed by atoms with van der Waals surface area (Å²) in [6, 6.07) is 6.95. The van der Waals surface area contributed by atoms with E-state index >= 15 is 0 Å². The van der Waals surface area contributed by atoms with Gasteiger partial charge < -0.3 is 10.0 Å². The number of rotatable bonds is 3. The molecule has 0 amide bonds. The molecule has 94 valence electrons. The molecule has 2 nitrogen and oxygen atoms in total. The monoisotopic (exact) mass is 233 g/mol. The van der Waals surface area contributed by atoms with Gasteiger partial charge in [-0.1, -0.05) is 12.1 Å². The first-order chi connectivity index (χ1) is 7.92. The van der Waals surface area contributed by atoms with Gasteiger partial charge >= 0.3 is 0 Å². The van der Waals surface area contributed by atoms with Crippen molar-refractivity contribution in [3.63, 3.8) is 0 Å². The Kier molecular flexibility index (Phi) is 3.17. The van der Waals surface area contributed by atoms with E-state index in [2.05, 4.69) is 36.9 Å². The summed E-state index contributed by atoms with van der Waals surface area (Å²) in [5, 5.41) is 10.0. The number of likely N-dealkylation sites (N-methyl/N-ethyl adjacent to an activating group) is 1. The number of aliphatic hydroxyl groups is 1. The smallest absolute Gasteiger partial charge is 0.0611 e. The molecule has 0 aliphatic carbocycles. The first-order valence-corrected chi connectivity index (χ1v) is 6.50. The summed E-state index contributed by atoms with van der Waals surface area (Å²) in [4.78, 5) is 2.43. The molecule has 1 N–H and O–H groups in total. The predicted molar refractivity (Wildman–Crippen MR) is 72.6 cm³/mol. The van der Waals surface area contributed by atoms with Crippen LogP contribution in [0.3, 0.4) is 0 Å². The van der Waals surface area contributed by atoms with Crippen molar-refractivity contribution in [2.45, 2.75) is 52.2 Å². The van der Waals surface area contributed by atoms with E-state index in [0.717, 1.165) is 19.4 Å². The molecular formula is C15H23NO. The van der Waals surface area contributed by atoms with Gasteiger partial charge in [0.15, 0.2) is 0 Å². The fourth-order valence-electron chi connectivity index (χ4n) is 2.95. The molecule has 17 heavy (non-hydrogen) atoms. The molecule has 2 heteroatoms. The summed E-state index contributed by atoms with van der Waals surface area (Å²) in [6.45, 7) is 9.18. The zero-order chi connectivity index (χ0) is 12.6. The molecule has 0 spiro atoms. The van der Waals surface area contributed by atoms with Crippen molar-refractivity contribution in [2.24, 2.45) is 0 Å². The van der Waals surface area contributed by atoms with Crippen molar-refractivity contribution in [3.8, 4) is 0 Å². The van der Waals surface area contributed by atoms with Crippen molar-refractivity contribution < 1.29 is 5.11 Å². The third-order valence-corrected chi connectivity index (χ3v) is 3.65. The molecule has 0 fully saturated rings. The first-order valence-electron chi connectivity index (χ1n) is 6.50. The van der Waals surface area contributed by atoms with Crippen LogP contribution in [0, 0.1) is 6.92 Å². The van der Waals surface area contributed by atoms with E-state index < -0.39 is 5.60 Å². The van der Waals surface area contributed by atoms with Gasteiger partial charge in [-0.25, -0.2) is 0 Å². The highest BCUT2D eigenvalue weighted by Gasteiger charge is 2.32. The Morgan fingerprint density at radius 1 is 1.41 bits per heavy atom. The lowest BCUT2D eigenvalue weighted by atomic mass is 9.95. The average Bonchev–Trinajstić information content (AvgIpc) is 2.54. The summed E-state index contributed by atoms with van der Waals surface area (Å²) < 4.78 is 0. The van der Waals surface area contributed by atoms with Crippen molar-refractivity contribution in [3.05, 3.63) is 29.3 Å². The molecule has 1 aliphatic rings. The maximum absolute atomic E-state index is 10.0. The SMILES string of the molecule is CCN1c2cccc(C)c2CC1CC(C)(C)O. The fraction of sp³-hybridized carbons (Fsp3) is 0.600. The topological polar surface area (TPSA) is 23.5 Å². The van der Waals surface area contributed by atoms with E-state index in [9.17, 15) is 5.11 Å². The summed E-state index contributed by atoms with van der Waals surface area (Å²) in [5.74, 6) is 0. The van der Waals surface area contributed by atoms with Crippen LogP contribution in [-0.2, 0) is 6.42 Å². The maximum atomic E-state index is 10.0. The lowest BCUT2D eigenvalue weighted by Crippen LogP contribution is -2.38. The Morgan fingerprint density at radius 2 is 2.12 bits per heavy atom. The maximum Gasteiger partial charge on any atom is 0.0611 e. The Bertz CT molecular complexity index is 406. The Morgan fingerprint density at radius 3 is 2.71 bits per heavy atom. The van der Waals surface area contributed by atoms with Crippen LogP contribution < -0.4 is 4.90 Å². The van der Waals surface area contributed by atoms with Crippen LogP contribution in [0.4, 0.5) is 5.69 Å². The molecule has 0 saturated carbocycles. The van der Waals surface area contributed by atoms with Crippen LogP contribution in [0.1, 0.15) is 38.3 Å². The summed E-state index contributed by atoms with van der Waals surface area (Å²) in [7, 11) is 0. The van der Waals surface area contributed by atoms with E-state index in [4.69, 9.17) is 0 Å². The molecule has 0 radical (unpaired) electrons. The second-order valence-corrected chi connectivity index (χ2v) is 5.73.